The first-order valence-electron chi connectivity index (χ1n) is 5.64. The molecule has 0 aliphatic carbocycles. The van der Waals surface area contributed by atoms with Gasteiger partial charge in [-0.2, -0.15) is 0 Å². The zero-order chi connectivity index (χ0) is 12.7. The van der Waals surface area contributed by atoms with Crippen molar-refractivity contribution >= 4 is 11.5 Å². The topological polar surface area (TPSA) is 35.5 Å². The minimum absolute atomic E-state index is 0.194. The summed E-state index contributed by atoms with van der Waals surface area (Å²) < 4.78 is 9.95. The Morgan fingerprint density at radius 3 is 2.47 bits per heavy atom. The van der Waals surface area contributed by atoms with E-state index in [0.29, 0.717) is 13.0 Å². The van der Waals surface area contributed by atoms with Gasteiger partial charge in [0.05, 0.1) is 20.1 Å². The third-order valence-electron chi connectivity index (χ3n) is 2.43. The minimum Gasteiger partial charge on any atom is -0.497 e. The Morgan fingerprint density at radius 2 is 1.94 bits per heavy atom. The molecular weight excluding hydrogens is 216 g/mol. The quantitative estimate of drug-likeness (QED) is 0.734. The van der Waals surface area contributed by atoms with Crippen molar-refractivity contribution in [3.8, 4) is 5.75 Å². The summed E-state index contributed by atoms with van der Waals surface area (Å²) in [7, 11) is 1.64. The van der Waals surface area contributed by atoms with Crippen LogP contribution in [-0.4, -0.2) is 19.7 Å². The Hall–Kier alpha value is -1.77. The van der Waals surface area contributed by atoms with Gasteiger partial charge in [0.25, 0.3) is 0 Å². The van der Waals surface area contributed by atoms with E-state index < -0.39 is 0 Å². The van der Waals surface area contributed by atoms with Crippen molar-refractivity contribution in [1.29, 1.82) is 0 Å². The van der Waals surface area contributed by atoms with E-state index in [9.17, 15) is 4.79 Å². The zero-order valence-corrected chi connectivity index (χ0v) is 10.5. The van der Waals surface area contributed by atoms with Crippen LogP contribution in [0.4, 0.5) is 0 Å². The fraction of sp³-hybridized carbons (Fsp3) is 0.357. The molecule has 0 atom stereocenters. The van der Waals surface area contributed by atoms with Gasteiger partial charge in [0, 0.05) is 0 Å². The van der Waals surface area contributed by atoms with E-state index in [1.807, 2.05) is 37.3 Å². The summed E-state index contributed by atoms with van der Waals surface area (Å²) in [6.45, 7) is 4.20. The van der Waals surface area contributed by atoms with Crippen LogP contribution in [0.5, 0.6) is 5.75 Å². The fourth-order valence-electron chi connectivity index (χ4n) is 1.43. The molecule has 92 valence electrons. The molecule has 0 spiro atoms. The van der Waals surface area contributed by atoms with Gasteiger partial charge in [-0.25, -0.2) is 0 Å². The average molecular weight is 234 g/mol. The number of ether oxygens (including phenoxy) is 2. The Morgan fingerprint density at radius 1 is 1.29 bits per heavy atom. The van der Waals surface area contributed by atoms with E-state index >= 15 is 0 Å². The van der Waals surface area contributed by atoms with Gasteiger partial charge in [-0.3, -0.25) is 4.79 Å². The molecule has 0 saturated carbocycles. The Balaban J connectivity index is 2.64. The molecule has 0 unspecified atom stereocenters. The number of allylic oxidation sites excluding steroid dienone is 1. The summed E-state index contributed by atoms with van der Waals surface area (Å²) in [6.07, 6.45) is 2.19. The first kappa shape index (κ1) is 13.3. The van der Waals surface area contributed by atoms with E-state index in [1.165, 1.54) is 0 Å². The van der Waals surface area contributed by atoms with Gasteiger partial charge < -0.3 is 9.47 Å². The number of hydrogen-bond acceptors (Lipinski definition) is 3. The molecule has 3 nitrogen and oxygen atoms in total. The van der Waals surface area contributed by atoms with E-state index in [2.05, 4.69) is 0 Å². The lowest BCUT2D eigenvalue weighted by atomic mass is 10.1. The molecule has 0 amide bonds. The van der Waals surface area contributed by atoms with Crippen molar-refractivity contribution in [3.05, 3.63) is 35.9 Å². The number of carbonyl (C=O) groups is 1. The van der Waals surface area contributed by atoms with Crippen LogP contribution in [0.3, 0.4) is 0 Å². The third-order valence-corrected chi connectivity index (χ3v) is 2.43. The van der Waals surface area contributed by atoms with Crippen molar-refractivity contribution in [2.75, 3.05) is 13.7 Å². The molecule has 0 heterocycles. The molecule has 17 heavy (non-hydrogen) atoms. The van der Waals surface area contributed by atoms with Gasteiger partial charge in [-0.15, -0.1) is 0 Å². The Bertz CT molecular complexity index is 390. The molecule has 1 aromatic rings. The molecule has 0 aromatic heterocycles. The molecular formula is C14H18O3. The largest absolute Gasteiger partial charge is 0.497 e. The predicted molar refractivity (Wildman–Crippen MR) is 67.9 cm³/mol. The first-order chi connectivity index (χ1) is 8.17. The van der Waals surface area contributed by atoms with Crippen LogP contribution in [0, 0.1) is 0 Å². The molecule has 0 N–H and O–H groups in total. The normalized spacial score (nSPS) is 11.1. The molecule has 3 heteroatoms. The van der Waals surface area contributed by atoms with Crippen LogP contribution in [0.2, 0.25) is 0 Å². The highest BCUT2D eigenvalue weighted by molar-refractivity contribution is 5.75. The highest BCUT2D eigenvalue weighted by atomic mass is 16.5. The second-order valence-electron chi connectivity index (χ2n) is 3.62. The Kier molecular flexibility index (Phi) is 5.27. The van der Waals surface area contributed by atoms with Gasteiger partial charge in [0.2, 0.25) is 0 Å². The maximum absolute atomic E-state index is 11.2. The molecule has 0 fully saturated rings. The lowest BCUT2D eigenvalue weighted by molar-refractivity contribution is -0.142. The van der Waals surface area contributed by atoms with Crippen LogP contribution in [0.1, 0.15) is 25.8 Å². The smallest absolute Gasteiger partial charge is 0.309 e. The summed E-state index contributed by atoms with van der Waals surface area (Å²) in [5, 5.41) is 0. The number of carbonyl (C=O) groups excluding carboxylic acids is 1. The standard InChI is InChI=1S/C14H18O3/c1-4-17-14(15)10-5-11(2)12-6-8-13(16-3)9-7-12/h5-9H,4,10H2,1-3H3/b11-5+. The number of esters is 1. The fourth-order valence-corrected chi connectivity index (χ4v) is 1.43. The maximum atomic E-state index is 11.2. The molecule has 0 aliphatic heterocycles. The first-order valence-corrected chi connectivity index (χ1v) is 5.64. The maximum Gasteiger partial charge on any atom is 0.309 e. The molecule has 0 aliphatic rings. The second-order valence-corrected chi connectivity index (χ2v) is 3.62. The zero-order valence-electron chi connectivity index (χ0n) is 10.5. The molecule has 1 rings (SSSR count). The Labute approximate surface area is 102 Å². The number of hydrogen-bond donors (Lipinski definition) is 0. The lowest BCUT2D eigenvalue weighted by Crippen LogP contribution is -2.01. The summed E-state index contributed by atoms with van der Waals surface area (Å²) in [6, 6.07) is 7.74. The molecule has 0 saturated heterocycles. The number of benzene rings is 1. The van der Waals surface area contributed by atoms with E-state index in [1.54, 1.807) is 14.0 Å². The second kappa shape index (κ2) is 6.74. The van der Waals surface area contributed by atoms with Crippen LogP contribution >= 0.6 is 0 Å². The predicted octanol–water partition coefficient (Wildman–Crippen LogP) is 3.05. The van der Waals surface area contributed by atoms with Crippen LogP contribution in [0.25, 0.3) is 5.57 Å². The third kappa shape index (κ3) is 4.31. The SMILES string of the molecule is CCOC(=O)C/C=C(\C)c1ccc(OC)cc1. The summed E-state index contributed by atoms with van der Waals surface area (Å²) in [5.74, 6) is 0.632. The van der Waals surface area contributed by atoms with Crippen LogP contribution in [0.15, 0.2) is 30.3 Å². The van der Waals surface area contributed by atoms with Gasteiger partial charge in [-0.1, -0.05) is 18.2 Å². The molecule has 0 bridgehead atoms. The van der Waals surface area contributed by atoms with Gasteiger partial charge in [0.1, 0.15) is 5.75 Å². The van der Waals surface area contributed by atoms with Gasteiger partial charge in [0.15, 0.2) is 0 Å². The van der Waals surface area contributed by atoms with E-state index in [4.69, 9.17) is 9.47 Å². The summed E-state index contributed by atoms with van der Waals surface area (Å²) in [5.41, 5.74) is 2.14. The van der Waals surface area contributed by atoms with Gasteiger partial charge >= 0.3 is 5.97 Å². The van der Waals surface area contributed by atoms with Gasteiger partial charge in [-0.05, 0) is 37.1 Å². The monoisotopic (exact) mass is 234 g/mol. The summed E-state index contributed by atoms with van der Waals surface area (Å²) >= 11 is 0. The van der Waals surface area contributed by atoms with Crippen molar-refractivity contribution in [3.63, 3.8) is 0 Å². The van der Waals surface area contributed by atoms with Crippen molar-refractivity contribution in [2.45, 2.75) is 20.3 Å². The highest BCUT2D eigenvalue weighted by Crippen LogP contribution is 2.18. The number of methoxy groups -OCH3 is 1. The summed E-state index contributed by atoms with van der Waals surface area (Å²) in [4.78, 5) is 11.2. The van der Waals surface area contributed by atoms with Crippen molar-refractivity contribution in [1.82, 2.24) is 0 Å². The van der Waals surface area contributed by atoms with E-state index in [-0.39, 0.29) is 5.97 Å². The number of rotatable bonds is 5. The lowest BCUT2D eigenvalue weighted by Gasteiger charge is -2.04. The van der Waals surface area contributed by atoms with Crippen LogP contribution in [-0.2, 0) is 9.53 Å². The average Bonchev–Trinajstić information content (AvgIpc) is 2.36. The highest BCUT2D eigenvalue weighted by Gasteiger charge is 2.00. The minimum atomic E-state index is -0.194. The molecule has 0 radical (unpaired) electrons. The van der Waals surface area contributed by atoms with E-state index in [0.717, 1.165) is 16.9 Å². The van der Waals surface area contributed by atoms with Crippen molar-refractivity contribution in [2.24, 2.45) is 0 Å². The molecule has 1 aromatic carbocycles. The van der Waals surface area contributed by atoms with Crippen molar-refractivity contribution < 1.29 is 14.3 Å². The van der Waals surface area contributed by atoms with Crippen LogP contribution < -0.4 is 4.74 Å².